The minimum Gasteiger partial charge on any atom is -0.491 e. The molecule has 0 saturated heterocycles. The van der Waals surface area contributed by atoms with Crippen LogP contribution in [0.2, 0.25) is 0 Å². The van der Waals surface area contributed by atoms with Crippen LogP contribution in [0.15, 0.2) is 39.7 Å². The average molecular weight is 338 g/mol. The highest BCUT2D eigenvalue weighted by Crippen LogP contribution is 2.19. The summed E-state index contributed by atoms with van der Waals surface area (Å²) in [5, 5.41) is 0. The van der Waals surface area contributed by atoms with Gasteiger partial charge in [0, 0.05) is 12.7 Å². The van der Waals surface area contributed by atoms with Crippen LogP contribution in [0, 0.1) is 6.92 Å². The standard InChI is InChI=1S/C14H16BrN3O2/c1-10-17-9-11(15)14(19)18(10)7-4-8-20-13-6-3-2-5-12(13)16/h2-3,5-6,9H,4,7-8,16H2,1H3. The van der Waals surface area contributed by atoms with E-state index in [-0.39, 0.29) is 5.56 Å². The third-order valence-corrected chi connectivity index (χ3v) is 3.45. The first-order chi connectivity index (χ1) is 9.59. The fourth-order valence-corrected chi connectivity index (χ4v) is 2.15. The van der Waals surface area contributed by atoms with E-state index in [2.05, 4.69) is 20.9 Å². The van der Waals surface area contributed by atoms with Gasteiger partial charge in [0.05, 0.1) is 12.3 Å². The van der Waals surface area contributed by atoms with Crippen molar-refractivity contribution in [3.05, 3.63) is 51.1 Å². The molecule has 0 saturated carbocycles. The minimum atomic E-state index is -0.0725. The fraction of sp³-hybridized carbons (Fsp3) is 0.286. The number of nitrogen functional groups attached to an aromatic ring is 1. The summed E-state index contributed by atoms with van der Waals surface area (Å²) in [6, 6.07) is 7.35. The number of hydrogen-bond acceptors (Lipinski definition) is 4. The number of aryl methyl sites for hydroxylation is 1. The Morgan fingerprint density at radius 2 is 2.15 bits per heavy atom. The van der Waals surface area contributed by atoms with Crippen LogP contribution in [0.3, 0.4) is 0 Å². The van der Waals surface area contributed by atoms with Crippen molar-refractivity contribution in [1.29, 1.82) is 0 Å². The first-order valence-corrected chi connectivity index (χ1v) is 7.08. The number of rotatable bonds is 5. The molecular weight excluding hydrogens is 322 g/mol. The topological polar surface area (TPSA) is 70.1 Å². The molecule has 2 rings (SSSR count). The van der Waals surface area contributed by atoms with Gasteiger partial charge < -0.3 is 10.5 Å². The molecule has 106 valence electrons. The smallest absolute Gasteiger partial charge is 0.267 e. The fourth-order valence-electron chi connectivity index (χ4n) is 1.83. The number of halogens is 1. The predicted molar refractivity (Wildman–Crippen MR) is 81.9 cm³/mol. The van der Waals surface area contributed by atoms with Gasteiger partial charge in [0.25, 0.3) is 5.56 Å². The van der Waals surface area contributed by atoms with Crippen LogP contribution < -0.4 is 16.0 Å². The largest absolute Gasteiger partial charge is 0.491 e. The zero-order valence-corrected chi connectivity index (χ0v) is 12.8. The van der Waals surface area contributed by atoms with Gasteiger partial charge in [-0.1, -0.05) is 12.1 Å². The highest BCUT2D eigenvalue weighted by atomic mass is 79.9. The Hall–Kier alpha value is -1.82. The molecule has 0 radical (unpaired) electrons. The summed E-state index contributed by atoms with van der Waals surface area (Å²) in [6.45, 7) is 2.86. The van der Waals surface area contributed by atoms with Crippen molar-refractivity contribution < 1.29 is 4.74 Å². The van der Waals surface area contributed by atoms with E-state index in [0.717, 1.165) is 0 Å². The summed E-state index contributed by atoms with van der Waals surface area (Å²) in [6.07, 6.45) is 2.22. The Morgan fingerprint density at radius 1 is 1.40 bits per heavy atom. The minimum absolute atomic E-state index is 0.0725. The van der Waals surface area contributed by atoms with Crippen molar-refractivity contribution >= 4 is 21.6 Å². The van der Waals surface area contributed by atoms with Gasteiger partial charge in [-0.3, -0.25) is 9.36 Å². The monoisotopic (exact) mass is 337 g/mol. The SMILES string of the molecule is Cc1ncc(Br)c(=O)n1CCCOc1ccccc1N. The van der Waals surface area contributed by atoms with E-state index in [4.69, 9.17) is 10.5 Å². The van der Waals surface area contributed by atoms with Gasteiger partial charge in [-0.05, 0) is 41.4 Å². The van der Waals surface area contributed by atoms with Crippen LogP contribution in [0.25, 0.3) is 0 Å². The molecule has 0 spiro atoms. The quantitative estimate of drug-likeness (QED) is 0.671. The van der Waals surface area contributed by atoms with Crippen molar-refractivity contribution in [3.8, 4) is 5.75 Å². The predicted octanol–water partition coefficient (Wildman–Crippen LogP) is 2.37. The molecule has 0 unspecified atom stereocenters. The Bertz CT molecular complexity index is 655. The summed E-state index contributed by atoms with van der Waals surface area (Å²) in [4.78, 5) is 16.1. The number of nitrogens with zero attached hydrogens (tertiary/aromatic N) is 2. The van der Waals surface area contributed by atoms with Gasteiger partial charge in [0.15, 0.2) is 0 Å². The maximum Gasteiger partial charge on any atom is 0.267 e. The van der Waals surface area contributed by atoms with E-state index in [9.17, 15) is 4.79 Å². The van der Waals surface area contributed by atoms with Gasteiger partial charge in [0.2, 0.25) is 0 Å². The molecule has 5 nitrogen and oxygen atoms in total. The molecule has 6 heteroatoms. The molecule has 1 heterocycles. The summed E-state index contributed by atoms with van der Waals surface area (Å²) in [7, 11) is 0. The van der Waals surface area contributed by atoms with Crippen LogP contribution in [-0.2, 0) is 6.54 Å². The van der Waals surface area contributed by atoms with Crippen molar-refractivity contribution in [3.63, 3.8) is 0 Å². The molecule has 0 amide bonds. The third kappa shape index (κ3) is 3.39. The summed E-state index contributed by atoms with van der Waals surface area (Å²) in [5.41, 5.74) is 6.33. The lowest BCUT2D eigenvalue weighted by atomic mass is 10.3. The molecule has 1 aromatic heterocycles. The van der Waals surface area contributed by atoms with Gasteiger partial charge >= 0.3 is 0 Å². The second kappa shape index (κ2) is 6.56. The van der Waals surface area contributed by atoms with Crippen LogP contribution in [0.1, 0.15) is 12.2 Å². The van der Waals surface area contributed by atoms with Crippen molar-refractivity contribution in [2.45, 2.75) is 19.9 Å². The third-order valence-electron chi connectivity index (χ3n) is 2.91. The molecule has 0 fully saturated rings. The van der Waals surface area contributed by atoms with E-state index < -0.39 is 0 Å². The molecule has 2 aromatic rings. The van der Waals surface area contributed by atoms with E-state index >= 15 is 0 Å². The Balaban J connectivity index is 1.93. The number of nitrogens with two attached hydrogens (primary N) is 1. The van der Waals surface area contributed by atoms with Gasteiger partial charge in [-0.25, -0.2) is 4.98 Å². The lowest BCUT2D eigenvalue weighted by Crippen LogP contribution is -2.24. The summed E-state index contributed by atoms with van der Waals surface area (Å²) in [5.74, 6) is 1.36. The normalized spacial score (nSPS) is 10.5. The Labute approximate surface area is 125 Å². The second-order valence-corrected chi connectivity index (χ2v) is 5.20. The first-order valence-electron chi connectivity index (χ1n) is 6.29. The lowest BCUT2D eigenvalue weighted by Gasteiger charge is -2.11. The average Bonchev–Trinajstić information content (AvgIpc) is 2.44. The first kappa shape index (κ1) is 14.6. The number of hydrogen-bond donors (Lipinski definition) is 1. The Kier molecular flexibility index (Phi) is 4.79. The molecule has 0 aliphatic rings. The summed E-state index contributed by atoms with van der Waals surface area (Å²) >= 11 is 3.19. The van der Waals surface area contributed by atoms with Crippen molar-refractivity contribution in [2.24, 2.45) is 0 Å². The number of aromatic nitrogens is 2. The summed E-state index contributed by atoms with van der Waals surface area (Å²) < 4.78 is 7.69. The van der Waals surface area contributed by atoms with Crippen LogP contribution >= 0.6 is 15.9 Å². The zero-order valence-electron chi connectivity index (χ0n) is 11.2. The maximum atomic E-state index is 11.9. The van der Waals surface area contributed by atoms with Crippen molar-refractivity contribution in [1.82, 2.24) is 9.55 Å². The number of anilines is 1. The number of benzene rings is 1. The highest BCUT2D eigenvalue weighted by molar-refractivity contribution is 9.10. The second-order valence-electron chi connectivity index (χ2n) is 4.35. The van der Waals surface area contributed by atoms with Gasteiger partial charge in [0.1, 0.15) is 16.0 Å². The van der Waals surface area contributed by atoms with E-state index in [1.807, 2.05) is 25.1 Å². The lowest BCUT2D eigenvalue weighted by molar-refractivity contribution is 0.301. The molecule has 1 aromatic carbocycles. The van der Waals surface area contributed by atoms with Crippen LogP contribution in [0.5, 0.6) is 5.75 Å². The van der Waals surface area contributed by atoms with Crippen LogP contribution in [-0.4, -0.2) is 16.2 Å². The number of para-hydroxylation sites is 2. The van der Waals surface area contributed by atoms with Crippen molar-refractivity contribution in [2.75, 3.05) is 12.3 Å². The molecule has 0 bridgehead atoms. The molecule has 0 atom stereocenters. The molecule has 20 heavy (non-hydrogen) atoms. The van der Waals surface area contributed by atoms with Gasteiger partial charge in [-0.2, -0.15) is 0 Å². The van der Waals surface area contributed by atoms with E-state index in [1.165, 1.54) is 6.20 Å². The maximum absolute atomic E-state index is 11.9. The van der Waals surface area contributed by atoms with Gasteiger partial charge in [-0.15, -0.1) is 0 Å². The molecule has 0 aliphatic heterocycles. The van der Waals surface area contributed by atoms with E-state index in [0.29, 0.717) is 41.3 Å². The molecule has 2 N–H and O–H groups in total. The van der Waals surface area contributed by atoms with E-state index in [1.54, 1.807) is 10.6 Å². The molecule has 0 aliphatic carbocycles. The van der Waals surface area contributed by atoms with Crippen LogP contribution in [0.4, 0.5) is 5.69 Å². The number of ether oxygens (including phenoxy) is 1. The highest BCUT2D eigenvalue weighted by Gasteiger charge is 2.05. The Morgan fingerprint density at radius 3 is 2.90 bits per heavy atom. The molecular formula is C14H16BrN3O2. The zero-order chi connectivity index (χ0) is 14.5.